The topological polar surface area (TPSA) is 111 Å². The molecule has 5 rings (SSSR count). The van der Waals surface area contributed by atoms with Crippen molar-refractivity contribution in [2.24, 2.45) is 5.92 Å². The van der Waals surface area contributed by atoms with Crippen molar-refractivity contribution in [1.29, 1.82) is 0 Å². The number of alkyl carbamates (subject to hydrolysis) is 1. The van der Waals surface area contributed by atoms with Crippen LogP contribution in [-0.4, -0.2) is 60.2 Å². The zero-order valence-corrected chi connectivity index (χ0v) is 26.0. The Morgan fingerprint density at radius 3 is 2.13 bits per heavy atom. The molecule has 1 heterocycles. The predicted octanol–water partition coefficient (Wildman–Crippen LogP) is 5.61. The maximum Gasteiger partial charge on any atom is 0.407 e. The number of rotatable bonds is 9. The van der Waals surface area contributed by atoms with E-state index in [0.29, 0.717) is 19.4 Å². The molecule has 0 bridgehead atoms. The fourth-order valence-electron chi connectivity index (χ4n) is 5.92. The first-order chi connectivity index (χ1) is 21.6. The number of esters is 2. The number of hydrogen-bond acceptors (Lipinski definition) is 7. The molecule has 0 aromatic heterocycles. The highest BCUT2D eigenvalue weighted by molar-refractivity contribution is 5.90. The Morgan fingerprint density at radius 2 is 1.49 bits per heavy atom. The summed E-state index contributed by atoms with van der Waals surface area (Å²) in [6, 6.07) is 24.0. The molecule has 9 heteroatoms. The third kappa shape index (κ3) is 8.09. The Bertz CT molecular complexity index is 1490. The number of hydrogen-bond donors (Lipinski definition) is 1. The molecule has 1 fully saturated rings. The summed E-state index contributed by atoms with van der Waals surface area (Å²) in [6.45, 7) is 6.01. The first-order valence-corrected chi connectivity index (χ1v) is 15.4. The molecule has 45 heavy (non-hydrogen) atoms. The van der Waals surface area contributed by atoms with Crippen LogP contribution in [0.4, 0.5) is 4.79 Å². The number of fused-ring (bicyclic) bond motifs is 3. The molecule has 236 valence electrons. The van der Waals surface area contributed by atoms with Crippen LogP contribution in [0.25, 0.3) is 11.1 Å². The largest absolute Gasteiger partial charge is 0.461 e. The molecule has 9 nitrogen and oxygen atoms in total. The van der Waals surface area contributed by atoms with E-state index in [9.17, 15) is 19.2 Å². The van der Waals surface area contributed by atoms with Crippen molar-refractivity contribution in [2.45, 2.75) is 64.2 Å². The van der Waals surface area contributed by atoms with Crippen molar-refractivity contribution < 1.29 is 33.4 Å². The number of piperidine rings is 1. The van der Waals surface area contributed by atoms with Crippen LogP contribution in [0.2, 0.25) is 0 Å². The maximum absolute atomic E-state index is 13.8. The van der Waals surface area contributed by atoms with Crippen LogP contribution in [0.15, 0.2) is 78.9 Å². The smallest absolute Gasteiger partial charge is 0.407 e. The average Bonchev–Trinajstić information content (AvgIpc) is 3.35. The first kappa shape index (κ1) is 31.8. The van der Waals surface area contributed by atoms with Crippen LogP contribution in [0.1, 0.15) is 62.6 Å². The van der Waals surface area contributed by atoms with Crippen molar-refractivity contribution in [3.8, 4) is 11.1 Å². The van der Waals surface area contributed by atoms with Gasteiger partial charge in [-0.05, 0) is 61.4 Å². The van der Waals surface area contributed by atoms with Crippen LogP contribution in [0, 0.1) is 5.92 Å². The molecule has 2 unspecified atom stereocenters. The van der Waals surface area contributed by atoms with Gasteiger partial charge in [0.25, 0.3) is 0 Å². The number of nitrogens with one attached hydrogen (secondary N) is 1. The molecule has 1 saturated heterocycles. The van der Waals surface area contributed by atoms with E-state index in [1.807, 2.05) is 78.9 Å². The third-order valence-electron chi connectivity index (χ3n) is 8.02. The highest BCUT2D eigenvalue weighted by Crippen LogP contribution is 2.44. The number of nitrogens with zero attached hydrogens (tertiary/aromatic N) is 1. The fraction of sp³-hybridized carbons (Fsp3) is 0.389. The number of benzene rings is 3. The van der Waals surface area contributed by atoms with Gasteiger partial charge in [-0.25, -0.2) is 4.79 Å². The summed E-state index contributed by atoms with van der Waals surface area (Å²) in [5, 5.41) is 2.63. The normalized spacial score (nSPS) is 16.6. The maximum atomic E-state index is 13.8. The number of carbonyl (C=O) groups excluding carboxylic acids is 4. The summed E-state index contributed by atoms with van der Waals surface area (Å²) in [7, 11) is 0. The quantitative estimate of drug-likeness (QED) is 0.247. The average molecular weight is 613 g/mol. The highest BCUT2D eigenvalue weighted by Gasteiger charge is 2.36. The minimum Gasteiger partial charge on any atom is -0.461 e. The van der Waals surface area contributed by atoms with Crippen LogP contribution in [0.5, 0.6) is 0 Å². The summed E-state index contributed by atoms with van der Waals surface area (Å²) in [6.07, 6.45) is -0.0240. The Morgan fingerprint density at radius 1 is 0.867 bits per heavy atom. The minimum absolute atomic E-state index is 0.0377. The van der Waals surface area contributed by atoms with Crippen molar-refractivity contribution in [1.82, 2.24) is 10.2 Å². The molecule has 2 amide bonds. The number of amides is 2. The summed E-state index contributed by atoms with van der Waals surface area (Å²) in [5.74, 6) is -2.15. The highest BCUT2D eigenvalue weighted by atomic mass is 16.6. The molecule has 0 radical (unpaired) electrons. The number of carbonyl (C=O) groups is 4. The molecular formula is C36H40N2O7. The van der Waals surface area contributed by atoms with Crippen molar-refractivity contribution in [3.05, 3.63) is 95.6 Å². The number of ether oxygens (including phenoxy) is 3. The molecular weight excluding hydrogens is 572 g/mol. The lowest BCUT2D eigenvalue weighted by Crippen LogP contribution is -2.53. The van der Waals surface area contributed by atoms with Crippen molar-refractivity contribution >= 4 is 23.9 Å². The van der Waals surface area contributed by atoms with Gasteiger partial charge in [-0.2, -0.15) is 0 Å². The van der Waals surface area contributed by atoms with E-state index in [0.717, 1.165) is 27.8 Å². The Balaban J connectivity index is 1.26. The van der Waals surface area contributed by atoms with Gasteiger partial charge in [-0.3, -0.25) is 14.4 Å². The number of likely N-dealkylation sites (tertiary alicyclic amines) is 1. The summed E-state index contributed by atoms with van der Waals surface area (Å²) in [5.41, 5.74) is 4.46. The molecule has 3 aromatic carbocycles. The SMILES string of the molecule is CC(C)(C)OC(=O)C1CCCN(C(=O)C(CC(=O)OCc2ccccc2)NC(=O)OCC2c3ccccc3-c3ccccc32)C1. The monoisotopic (exact) mass is 612 g/mol. The van der Waals surface area contributed by atoms with E-state index in [1.165, 1.54) is 4.90 Å². The second kappa shape index (κ2) is 14.0. The van der Waals surface area contributed by atoms with Gasteiger partial charge in [0.05, 0.1) is 12.3 Å². The molecule has 0 spiro atoms. The molecule has 3 aromatic rings. The van der Waals surface area contributed by atoms with Gasteiger partial charge in [0, 0.05) is 19.0 Å². The van der Waals surface area contributed by atoms with Gasteiger partial charge in [0.2, 0.25) is 5.91 Å². The van der Waals surface area contributed by atoms with E-state index >= 15 is 0 Å². The standard InChI is InChI=1S/C36H40N2O7/c1-36(2,3)45-34(41)25-14-11-19-38(21-25)33(40)31(20-32(39)43-22-24-12-5-4-6-13-24)37-35(42)44-23-30-28-17-9-7-15-26(28)27-16-8-10-18-29(27)30/h4-10,12-13,15-18,25,30-31H,11,14,19-23H2,1-3H3,(H,37,42). The lowest BCUT2D eigenvalue weighted by molar-refractivity contribution is -0.163. The zero-order valence-electron chi connectivity index (χ0n) is 26.0. The second-order valence-electron chi connectivity index (χ2n) is 12.5. The van der Waals surface area contributed by atoms with Crippen LogP contribution in [-0.2, 0) is 35.2 Å². The summed E-state index contributed by atoms with van der Waals surface area (Å²) < 4.78 is 16.7. The van der Waals surface area contributed by atoms with E-state index < -0.39 is 35.5 Å². The van der Waals surface area contributed by atoms with Gasteiger partial charge in [0.15, 0.2) is 0 Å². The summed E-state index contributed by atoms with van der Waals surface area (Å²) >= 11 is 0. The van der Waals surface area contributed by atoms with Gasteiger partial charge in [0.1, 0.15) is 24.9 Å². The fourth-order valence-corrected chi connectivity index (χ4v) is 5.92. The van der Waals surface area contributed by atoms with Gasteiger partial charge in [-0.15, -0.1) is 0 Å². The van der Waals surface area contributed by atoms with Crippen molar-refractivity contribution in [3.63, 3.8) is 0 Å². The summed E-state index contributed by atoms with van der Waals surface area (Å²) in [4.78, 5) is 54.2. The Kier molecular flexibility index (Phi) is 9.86. The first-order valence-electron chi connectivity index (χ1n) is 15.4. The van der Waals surface area contributed by atoms with E-state index in [2.05, 4.69) is 5.32 Å². The Hall–Kier alpha value is -4.66. The van der Waals surface area contributed by atoms with Crippen LogP contribution >= 0.6 is 0 Å². The molecule has 2 atom stereocenters. The minimum atomic E-state index is -1.23. The van der Waals surface area contributed by atoms with Gasteiger partial charge >= 0.3 is 18.0 Å². The van der Waals surface area contributed by atoms with Gasteiger partial charge < -0.3 is 24.4 Å². The lowest BCUT2D eigenvalue weighted by Gasteiger charge is -2.35. The second-order valence-corrected chi connectivity index (χ2v) is 12.5. The van der Waals surface area contributed by atoms with Crippen LogP contribution < -0.4 is 5.32 Å². The molecule has 0 saturated carbocycles. The molecule has 1 aliphatic heterocycles. The van der Waals surface area contributed by atoms with E-state index in [-0.39, 0.29) is 38.1 Å². The molecule has 2 aliphatic rings. The van der Waals surface area contributed by atoms with E-state index in [4.69, 9.17) is 14.2 Å². The van der Waals surface area contributed by atoms with Crippen molar-refractivity contribution in [2.75, 3.05) is 19.7 Å². The lowest BCUT2D eigenvalue weighted by atomic mass is 9.97. The molecule has 1 N–H and O–H groups in total. The molecule has 1 aliphatic carbocycles. The third-order valence-corrected chi connectivity index (χ3v) is 8.02. The Labute approximate surface area is 263 Å². The predicted molar refractivity (Wildman–Crippen MR) is 168 cm³/mol. The van der Waals surface area contributed by atoms with E-state index in [1.54, 1.807) is 20.8 Å². The zero-order chi connectivity index (χ0) is 32.0. The van der Waals surface area contributed by atoms with Gasteiger partial charge in [-0.1, -0.05) is 78.9 Å². The van der Waals surface area contributed by atoms with Crippen LogP contribution in [0.3, 0.4) is 0 Å².